The van der Waals surface area contributed by atoms with Gasteiger partial charge in [-0.1, -0.05) is 18.2 Å². The molecule has 2 aromatic heterocycles. The van der Waals surface area contributed by atoms with Crippen molar-refractivity contribution in [2.75, 3.05) is 44.3 Å². The summed E-state index contributed by atoms with van der Waals surface area (Å²) < 4.78 is 11.6. The summed E-state index contributed by atoms with van der Waals surface area (Å²) in [7, 11) is 0. The van der Waals surface area contributed by atoms with E-state index in [4.69, 9.17) is 14.7 Å². The molecule has 2 saturated heterocycles. The van der Waals surface area contributed by atoms with E-state index in [1.165, 1.54) is 5.69 Å². The zero-order chi connectivity index (χ0) is 27.5. The van der Waals surface area contributed by atoms with E-state index < -0.39 is 0 Å². The average Bonchev–Trinajstić information content (AvgIpc) is 3.66. The van der Waals surface area contributed by atoms with Crippen LogP contribution in [0.5, 0.6) is 5.75 Å². The number of morpholine rings is 1. The highest BCUT2D eigenvalue weighted by atomic mass is 16.5. The Hall–Kier alpha value is -4.86. The number of amides is 1. The van der Waals surface area contributed by atoms with E-state index in [-0.39, 0.29) is 18.4 Å². The molecule has 1 unspecified atom stereocenters. The molecule has 1 amide bonds. The van der Waals surface area contributed by atoms with Crippen LogP contribution in [0.2, 0.25) is 0 Å². The number of nitriles is 2. The van der Waals surface area contributed by atoms with Gasteiger partial charge in [-0.25, -0.2) is 4.98 Å². The Labute approximate surface area is 232 Å². The average molecular weight is 533 g/mol. The van der Waals surface area contributed by atoms with Gasteiger partial charge < -0.3 is 24.3 Å². The zero-order valence-electron chi connectivity index (χ0n) is 22.0. The molecule has 0 saturated carbocycles. The van der Waals surface area contributed by atoms with E-state index in [0.717, 1.165) is 59.7 Å². The summed E-state index contributed by atoms with van der Waals surface area (Å²) in [6.07, 6.45) is 2.08. The van der Waals surface area contributed by atoms with Crippen molar-refractivity contribution in [3.8, 4) is 40.3 Å². The first kappa shape index (κ1) is 25.4. The van der Waals surface area contributed by atoms with Gasteiger partial charge in [0.05, 0.1) is 31.4 Å². The standard InChI is InChI=1S/C31H28N6O3/c32-10-7-30(38)37-12-9-25(20-37)40-29-6-3-22(17-23(29)19-33)26-8-11-34-31-27(26)18-28(35-31)21-1-4-24(5-2-21)36-13-15-39-16-14-36/h1-6,8,11,17-18,25H,7,9,12-16,20H2,(H,34,35). The van der Waals surface area contributed by atoms with Crippen molar-refractivity contribution < 1.29 is 14.3 Å². The number of carbonyl (C=O) groups is 1. The Morgan fingerprint density at radius 2 is 1.85 bits per heavy atom. The number of H-pyrrole nitrogens is 1. The van der Waals surface area contributed by atoms with E-state index in [2.05, 4.69) is 51.3 Å². The number of rotatable bonds is 6. The molecule has 0 radical (unpaired) electrons. The van der Waals surface area contributed by atoms with Gasteiger partial charge in [-0.2, -0.15) is 10.5 Å². The molecule has 2 aromatic carbocycles. The molecule has 9 heteroatoms. The van der Waals surface area contributed by atoms with Crippen LogP contribution in [0.3, 0.4) is 0 Å². The van der Waals surface area contributed by atoms with E-state index in [9.17, 15) is 10.1 Å². The lowest BCUT2D eigenvalue weighted by molar-refractivity contribution is -0.129. The number of fused-ring (bicyclic) bond motifs is 1. The summed E-state index contributed by atoms with van der Waals surface area (Å²) in [5, 5.41) is 19.7. The van der Waals surface area contributed by atoms with Gasteiger partial charge in [-0.05, 0) is 53.1 Å². The van der Waals surface area contributed by atoms with Crippen LogP contribution in [0.1, 0.15) is 18.4 Å². The SMILES string of the molecule is N#CCC(=O)N1CCC(Oc2ccc(-c3ccnc4[nH]c(-c5ccc(N6CCOCC6)cc5)cc34)cc2C#N)C1. The highest BCUT2D eigenvalue weighted by molar-refractivity contribution is 5.96. The second-order valence-electron chi connectivity index (χ2n) is 9.98. The van der Waals surface area contributed by atoms with Crippen molar-refractivity contribution in [1.29, 1.82) is 10.5 Å². The summed E-state index contributed by atoms with van der Waals surface area (Å²) in [4.78, 5) is 24.0. The number of anilines is 1. The minimum absolute atomic E-state index is 0.133. The van der Waals surface area contributed by atoms with Gasteiger partial charge >= 0.3 is 0 Å². The number of ether oxygens (including phenoxy) is 2. The van der Waals surface area contributed by atoms with Crippen molar-refractivity contribution in [2.24, 2.45) is 0 Å². The predicted molar refractivity (Wildman–Crippen MR) is 151 cm³/mol. The van der Waals surface area contributed by atoms with Crippen molar-refractivity contribution in [3.05, 3.63) is 66.4 Å². The molecule has 0 bridgehead atoms. The highest BCUT2D eigenvalue weighted by Gasteiger charge is 2.28. The molecule has 0 spiro atoms. The molecule has 200 valence electrons. The second kappa shape index (κ2) is 11.1. The number of nitrogens with one attached hydrogen (secondary N) is 1. The fourth-order valence-electron chi connectivity index (χ4n) is 5.41. The maximum atomic E-state index is 12.0. The predicted octanol–water partition coefficient (Wildman–Crippen LogP) is 4.50. The third-order valence-electron chi connectivity index (χ3n) is 7.52. The van der Waals surface area contributed by atoms with E-state index in [1.807, 2.05) is 30.3 Å². The molecule has 40 heavy (non-hydrogen) atoms. The first-order valence-corrected chi connectivity index (χ1v) is 13.4. The Morgan fingerprint density at radius 3 is 2.62 bits per heavy atom. The van der Waals surface area contributed by atoms with Crippen molar-refractivity contribution in [2.45, 2.75) is 18.9 Å². The number of pyridine rings is 1. The largest absolute Gasteiger partial charge is 0.487 e. The van der Waals surface area contributed by atoms with Crippen LogP contribution in [0.4, 0.5) is 5.69 Å². The van der Waals surface area contributed by atoms with Crippen LogP contribution >= 0.6 is 0 Å². The lowest BCUT2D eigenvalue weighted by atomic mass is 10.0. The van der Waals surface area contributed by atoms with Gasteiger partial charge in [0.25, 0.3) is 0 Å². The lowest BCUT2D eigenvalue weighted by Gasteiger charge is -2.28. The lowest BCUT2D eigenvalue weighted by Crippen LogP contribution is -2.36. The summed E-state index contributed by atoms with van der Waals surface area (Å²) in [6, 6.07) is 22.3. The number of likely N-dealkylation sites (tertiary alicyclic amines) is 1. The topological polar surface area (TPSA) is 118 Å². The number of benzene rings is 2. The first-order valence-electron chi connectivity index (χ1n) is 13.4. The summed E-state index contributed by atoms with van der Waals surface area (Å²) in [5.41, 5.74) is 6.29. The van der Waals surface area contributed by atoms with Gasteiger partial charge in [0.2, 0.25) is 5.91 Å². The summed E-state index contributed by atoms with van der Waals surface area (Å²) >= 11 is 0. The fourth-order valence-corrected chi connectivity index (χ4v) is 5.41. The minimum atomic E-state index is -0.213. The quantitative estimate of drug-likeness (QED) is 0.388. The molecule has 9 nitrogen and oxygen atoms in total. The Bertz CT molecular complexity index is 1630. The molecule has 4 heterocycles. The van der Waals surface area contributed by atoms with Gasteiger partial charge in [-0.15, -0.1) is 0 Å². The summed E-state index contributed by atoms with van der Waals surface area (Å²) in [5.74, 6) is 0.302. The maximum absolute atomic E-state index is 12.0. The molecule has 2 fully saturated rings. The van der Waals surface area contributed by atoms with Gasteiger partial charge in [0, 0.05) is 49.0 Å². The van der Waals surface area contributed by atoms with Crippen LogP contribution in [0.25, 0.3) is 33.4 Å². The monoisotopic (exact) mass is 532 g/mol. The number of aromatic amines is 1. The molecule has 1 N–H and O–H groups in total. The molecule has 6 rings (SSSR count). The first-order chi connectivity index (χ1) is 19.6. The number of hydrogen-bond donors (Lipinski definition) is 1. The van der Waals surface area contributed by atoms with Crippen molar-refractivity contribution in [3.63, 3.8) is 0 Å². The minimum Gasteiger partial charge on any atom is -0.487 e. The summed E-state index contributed by atoms with van der Waals surface area (Å²) in [6.45, 7) is 4.26. The van der Waals surface area contributed by atoms with E-state index in [0.29, 0.717) is 30.8 Å². The Balaban J connectivity index is 1.23. The third kappa shape index (κ3) is 5.07. The van der Waals surface area contributed by atoms with Crippen molar-refractivity contribution in [1.82, 2.24) is 14.9 Å². The number of carbonyl (C=O) groups excluding carboxylic acids is 1. The molecule has 1 atom stereocenters. The number of hydrogen-bond acceptors (Lipinski definition) is 7. The van der Waals surface area contributed by atoms with E-state index >= 15 is 0 Å². The smallest absolute Gasteiger partial charge is 0.236 e. The zero-order valence-corrected chi connectivity index (χ0v) is 22.0. The molecular weight excluding hydrogens is 504 g/mol. The molecule has 2 aliphatic rings. The second-order valence-corrected chi connectivity index (χ2v) is 9.98. The van der Waals surface area contributed by atoms with Crippen LogP contribution in [0.15, 0.2) is 60.8 Å². The maximum Gasteiger partial charge on any atom is 0.236 e. The van der Waals surface area contributed by atoms with Gasteiger partial charge in [0.15, 0.2) is 0 Å². The number of aromatic nitrogens is 2. The Kier molecular flexibility index (Phi) is 7.05. The molecule has 0 aliphatic carbocycles. The van der Waals surface area contributed by atoms with Crippen LogP contribution in [-0.2, 0) is 9.53 Å². The van der Waals surface area contributed by atoms with Gasteiger partial charge in [0.1, 0.15) is 30.0 Å². The van der Waals surface area contributed by atoms with Crippen LogP contribution < -0.4 is 9.64 Å². The van der Waals surface area contributed by atoms with Gasteiger partial charge in [-0.3, -0.25) is 4.79 Å². The molecule has 4 aromatic rings. The van der Waals surface area contributed by atoms with Crippen LogP contribution in [-0.4, -0.2) is 66.3 Å². The molecule has 2 aliphatic heterocycles. The normalized spacial score (nSPS) is 17.0. The number of nitrogens with zero attached hydrogens (tertiary/aromatic N) is 5. The third-order valence-corrected chi connectivity index (χ3v) is 7.52. The van der Waals surface area contributed by atoms with Crippen molar-refractivity contribution >= 4 is 22.6 Å². The Morgan fingerprint density at radius 1 is 1.05 bits per heavy atom. The highest BCUT2D eigenvalue weighted by Crippen LogP contribution is 2.34. The van der Waals surface area contributed by atoms with Crippen LogP contribution in [0, 0.1) is 22.7 Å². The van der Waals surface area contributed by atoms with E-state index in [1.54, 1.807) is 11.1 Å². The fraction of sp³-hybridized carbons (Fsp3) is 0.290. The molecular formula is C31H28N6O3.